The van der Waals surface area contributed by atoms with Gasteiger partial charge in [0, 0.05) is 6.54 Å². The molecular formula is C19H19F4N3O2. The van der Waals surface area contributed by atoms with Crippen LogP contribution >= 0.6 is 0 Å². The summed E-state index contributed by atoms with van der Waals surface area (Å²) in [4.78, 5) is 23.6. The van der Waals surface area contributed by atoms with Crippen molar-refractivity contribution in [2.24, 2.45) is 0 Å². The van der Waals surface area contributed by atoms with Crippen molar-refractivity contribution in [1.82, 2.24) is 16.0 Å². The number of benzene rings is 2. The van der Waals surface area contributed by atoms with Gasteiger partial charge >= 0.3 is 12.2 Å². The molecule has 0 radical (unpaired) electrons. The van der Waals surface area contributed by atoms with Gasteiger partial charge < -0.3 is 16.0 Å². The number of carbonyl (C=O) groups excluding carboxylic acids is 2. The Labute approximate surface area is 159 Å². The standard InChI is InChI=1S/C19H19F4N3O2/c1-12(14-4-6-15(7-5-14)19(21,22)23)26-17(27)11-25-18(28)24-10-13-2-8-16(20)9-3-13/h2-9,12H,10-11H2,1H3,(H,26,27)(H2,24,25,28). The lowest BCUT2D eigenvalue weighted by atomic mass is 10.1. The van der Waals surface area contributed by atoms with Crippen molar-refractivity contribution < 1.29 is 27.2 Å². The maximum atomic E-state index is 12.8. The Balaban J connectivity index is 1.75. The normalized spacial score (nSPS) is 12.2. The highest BCUT2D eigenvalue weighted by atomic mass is 19.4. The summed E-state index contributed by atoms with van der Waals surface area (Å²) in [5.41, 5.74) is 0.424. The Morgan fingerprint density at radius 2 is 1.57 bits per heavy atom. The van der Waals surface area contributed by atoms with Crippen molar-refractivity contribution in [2.75, 3.05) is 6.54 Å². The zero-order chi connectivity index (χ0) is 20.7. The first-order valence-electron chi connectivity index (χ1n) is 8.38. The minimum absolute atomic E-state index is 0.162. The van der Waals surface area contributed by atoms with E-state index in [9.17, 15) is 27.2 Å². The number of carbonyl (C=O) groups is 2. The van der Waals surface area contributed by atoms with Gasteiger partial charge in [0.1, 0.15) is 5.82 Å². The van der Waals surface area contributed by atoms with Crippen LogP contribution in [-0.4, -0.2) is 18.5 Å². The van der Waals surface area contributed by atoms with E-state index in [1.807, 2.05) is 0 Å². The lowest BCUT2D eigenvalue weighted by Crippen LogP contribution is -2.42. The number of alkyl halides is 3. The van der Waals surface area contributed by atoms with E-state index in [4.69, 9.17) is 0 Å². The van der Waals surface area contributed by atoms with Crippen molar-refractivity contribution in [1.29, 1.82) is 0 Å². The van der Waals surface area contributed by atoms with Crippen LogP contribution in [0.5, 0.6) is 0 Å². The molecule has 0 heterocycles. The molecule has 2 rings (SSSR count). The minimum Gasteiger partial charge on any atom is -0.348 e. The summed E-state index contributed by atoms with van der Waals surface area (Å²) in [5, 5.41) is 7.47. The van der Waals surface area contributed by atoms with E-state index in [1.165, 1.54) is 36.4 Å². The molecule has 150 valence electrons. The minimum atomic E-state index is -4.42. The van der Waals surface area contributed by atoms with E-state index in [0.717, 1.165) is 12.1 Å². The fourth-order valence-electron chi connectivity index (χ4n) is 2.34. The second-order valence-corrected chi connectivity index (χ2v) is 6.07. The molecule has 3 amide bonds. The molecule has 0 saturated carbocycles. The van der Waals surface area contributed by atoms with Crippen LogP contribution < -0.4 is 16.0 Å². The summed E-state index contributed by atoms with van der Waals surface area (Å²) >= 11 is 0. The molecule has 3 N–H and O–H groups in total. The zero-order valence-corrected chi connectivity index (χ0v) is 14.9. The molecule has 1 unspecified atom stereocenters. The van der Waals surface area contributed by atoms with Gasteiger partial charge in [-0.2, -0.15) is 13.2 Å². The lowest BCUT2D eigenvalue weighted by Gasteiger charge is -2.16. The Morgan fingerprint density at radius 3 is 2.14 bits per heavy atom. The van der Waals surface area contributed by atoms with Gasteiger partial charge in [0.05, 0.1) is 18.2 Å². The molecule has 0 spiro atoms. The number of hydrogen-bond acceptors (Lipinski definition) is 2. The van der Waals surface area contributed by atoms with Crippen LogP contribution in [0.3, 0.4) is 0 Å². The number of rotatable bonds is 6. The van der Waals surface area contributed by atoms with Crippen LogP contribution in [0.4, 0.5) is 22.4 Å². The number of nitrogens with one attached hydrogen (secondary N) is 3. The van der Waals surface area contributed by atoms with E-state index in [0.29, 0.717) is 11.1 Å². The lowest BCUT2D eigenvalue weighted by molar-refractivity contribution is -0.137. The first-order valence-corrected chi connectivity index (χ1v) is 8.38. The molecule has 1 atom stereocenters. The summed E-state index contributed by atoms with van der Waals surface area (Å²) in [6.07, 6.45) is -4.42. The maximum Gasteiger partial charge on any atom is 0.416 e. The second-order valence-electron chi connectivity index (χ2n) is 6.07. The van der Waals surface area contributed by atoms with Gasteiger partial charge in [0.2, 0.25) is 5.91 Å². The van der Waals surface area contributed by atoms with E-state index in [-0.39, 0.29) is 18.9 Å². The summed E-state index contributed by atoms with van der Waals surface area (Å²) < 4.78 is 50.5. The first-order chi connectivity index (χ1) is 13.1. The van der Waals surface area contributed by atoms with Crippen LogP contribution in [0, 0.1) is 5.82 Å². The highest BCUT2D eigenvalue weighted by Gasteiger charge is 2.30. The largest absolute Gasteiger partial charge is 0.416 e. The molecule has 0 fully saturated rings. The first kappa shape index (κ1) is 21.2. The third-order valence-corrected chi connectivity index (χ3v) is 3.89. The molecule has 5 nitrogen and oxygen atoms in total. The van der Waals surface area contributed by atoms with Crippen molar-refractivity contribution in [2.45, 2.75) is 25.7 Å². The van der Waals surface area contributed by atoms with Crippen molar-refractivity contribution in [3.63, 3.8) is 0 Å². The predicted molar refractivity (Wildman–Crippen MR) is 94.6 cm³/mol. The Bertz CT molecular complexity index is 805. The van der Waals surface area contributed by atoms with E-state index >= 15 is 0 Å². The Morgan fingerprint density at radius 1 is 0.964 bits per heavy atom. The van der Waals surface area contributed by atoms with E-state index in [2.05, 4.69) is 16.0 Å². The van der Waals surface area contributed by atoms with Gasteiger partial charge in [-0.3, -0.25) is 4.79 Å². The zero-order valence-electron chi connectivity index (χ0n) is 14.9. The molecule has 0 aliphatic rings. The fraction of sp³-hybridized carbons (Fsp3) is 0.263. The van der Waals surface area contributed by atoms with Gasteiger partial charge in [-0.25, -0.2) is 9.18 Å². The highest BCUT2D eigenvalue weighted by Crippen LogP contribution is 2.29. The fourth-order valence-corrected chi connectivity index (χ4v) is 2.34. The Kier molecular flexibility index (Phi) is 6.97. The van der Waals surface area contributed by atoms with Crippen LogP contribution in [-0.2, 0) is 17.5 Å². The topological polar surface area (TPSA) is 70.2 Å². The number of urea groups is 1. The van der Waals surface area contributed by atoms with Crippen molar-refractivity contribution in [3.05, 3.63) is 71.0 Å². The molecule has 28 heavy (non-hydrogen) atoms. The molecule has 2 aromatic carbocycles. The molecule has 0 bridgehead atoms. The summed E-state index contributed by atoms with van der Waals surface area (Å²) in [6, 6.07) is 8.93. The highest BCUT2D eigenvalue weighted by molar-refractivity contribution is 5.84. The second kappa shape index (κ2) is 9.20. The molecule has 9 heteroatoms. The van der Waals surface area contributed by atoms with Gasteiger partial charge in [-0.15, -0.1) is 0 Å². The van der Waals surface area contributed by atoms with Crippen molar-refractivity contribution >= 4 is 11.9 Å². The molecule has 2 aromatic rings. The van der Waals surface area contributed by atoms with Crippen LogP contribution in [0.2, 0.25) is 0 Å². The maximum absolute atomic E-state index is 12.8. The van der Waals surface area contributed by atoms with Gasteiger partial charge in [-0.1, -0.05) is 24.3 Å². The smallest absolute Gasteiger partial charge is 0.348 e. The molecule has 0 aliphatic heterocycles. The molecule has 0 saturated heterocycles. The van der Waals surface area contributed by atoms with Crippen molar-refractivity contribution in [3.8, 4) is 0 Å². The average molecular weight is 397 g/mol. The molecule has 0 aromatic heterocycles. The monoisotopic (exact) mass is 397 g/mol. The summed E-state index contributed by atoms with van der Waals surface area (Å²) in [6.45, 7) is 1.48. The van der Waals surface area contributed by atoms with E-state index in [1.54, 1.807) is 6.92 Å². The van der Waals surface area contributed by atoms with Gasteiger partial charge in [-0.05, 0) is 42.3 Å². The Hall–Kier alpha value is -3.10. The quantitative estimate of drug-likeness (QED) is 0.653. The van der Waals surface area contributed by atoms with Crippen LogP contribution in [0.15, 0.2) is 48.5 Å². The van der Waals surface area contributed by atoms with Gasteiger partial charge in [0.25, 0.3) is 0 Å². The predicted octanol–water partition coefficient (Wildman–Crippen LogP) is 3.52. The van der Waals surface area contributed by atoms with Crippen LogP contribution in [0.25, 0.3) is 0 Å². The molecule has 0 aliphatic carbocycles. The van der Waals surface area contributed by atoms with E-state index < -0.39 is 29.7 Å². The number of hydrogen-bond donors (Lipinski definition) is 3. The summed E-state index contributed by atoms with van der Waals surface area (Å²) in [7, 11) is 0. The average Bonchev–Trinajstić information content (AvgIpc) is 2.65. The van der Waals surface area contributed by atoms with Gasteiger partial charge in [0.15, 0.2) is 0 Å². The number of amides is 3. The third-order valence-electron chi connectivity index (χ3n) is 3.89. The summed E-state index contributed by atoms with van der Waals surface area (Å²) in [5.74, 6) is -0.878. The SMILES string of the molecule is CC(NC(=O)CNC(=O)NCc1ccc(F)cc1)c1ccc(C(F)(F)F)cc1. The van der Waals surface area contributed by atoms with Crippen LogP contribution in [0.1, 0.15) is 29.7 Å². The number of halogens is 4. The molecular weight excluding hydrogens is 378 g/mol. The third kappa shape index (κ3) is 6.57.